The third-order valence-electron chi connectivity index (χ3n) is 2.98. The quantitative estimate of drug-likeness (QED) is 0.740. The molecule has 19 heavy (non-hydrogen) atoms. The molecule has 1 saturated heterocycles. The van der Waals surface area contributed by atoms with Gasteiger partial charge in [0.1, 0.15) is 24.7 Å². The van der Waals surface area contributed by atoms with E-state index in [1.54, 1.807) is 0 Å². The molecule has 1 fully saturated rings. The number of carbonyl (C=O) groups excluding carboxylic acids is 1. The minimum atomic E-state index is -0.507. The van der Waals surface area contributed by atoms with Crippen LogP contribution < -0.4 is 4.74 Å². The maximum atomic E-state index is 10.3. The molecule has 1 aliphatic rings. The van der Waals surface area contributed by atoms with Crippen LogP contribution in [0.1, 0.15) is 25.8 Å². The van der Waals surface area contributed by atoms with Gasteiger partial charge in [-0.15, -0.1) is 0 Å². The summed E-state index contributed by atoms with van der Waals surface area (Å²) in [5, 5.41) is 0. The molecule has 0 radical (unpaired) electrons. The number of benzene rings is 1. The molecule has 4 heteroatoms. The molecule has 0 spiro atoms. The Balaban J connectivity index is 1.78. The van der Waals surface area contributed by atoms with Gasteiger partial charge in [0.2, 0.25) is 0 Å². The molecule has 2 rings (SSSR count). The molecule has 0 aromatic heterocycles. The lowest BCUT2D eigenvalue weighted by Crippen LogP contribution is -2.25. The van der Waals surface area contributed by atoms with E-state index in [4.69, 9.17) is 14.2 Å². The second-order valence-electron chi connectivity index (χ2n) is 5.11. The number of hydrogen-bond acceptors (Lipinski definition) is 4. The molecule has 4 nitrogen and oxygen atoms in total. The summed E-state index contributed by atoms with van der Waals surface area (Å²) in [6.45, 7) is 4.84. The summed E-state index contributed by atoms with van der Waals surface area (Å²) in [4.78, 5) is 10.3. The van der Waals surface area contributed by atoms with Crippen molar-refractivity contribution >= 4 is 6.29 Å². The lowest BCUT2D eigenvalue weighted by atomic mass is 10.1. The van der Waals surface area contributed by atoms with Gasteiger partial charge in [0.05, 0.1) is 6.61 Å². The van der Waals surface area contributed by atoms with E-state index in [1.807, 2.05) is 38.1 Å². The number of aldehydes is 1. The van der Waals surface area contributed by atoms with Crippen LogP contribution in [0.25, 0.3) is 0 Å². The van der Waals surface area contributed by atoms with Gasteiger partial charge in [-0.2, -0.15) is 0 Å². The van der Waals surface area contributed by atoms with Crippen LogP contribution in [0.2, 0.25) is 0 Å². The topological polar surface area (TPSA) is 44.8 Å². The van der Waals surface area contributed by atoms with E-state index in [2.05, 4.69) is 0 Å². The fraction of sp³-hybridized carbons (Fsp3) is 0.533. The van der Waals surface area contributed by atoms with E-state index >= 15 is 0 Å². The summed E-state index contributed by atoms with van der Waals surface area (Å²) >= 11 is 0. The largest absolute Gasteiger partial charge is 0.491 e. The van der Waals surface area contributed by atoms with Crippen molar-refractivity contribution in [3.8, 4) is 5.75 Å². The summed E-state index contributed by atoms with van der Waals surface area (Å²) in [5.41, 5.74) is 1.14. The number of hydrogen-bond donors (Lipinski definition) is 0. The molecule has 1 aromatic carbocycles. The average Bonchev–Trinajstić information content (AvgIpc) is 2.75. The number of ether oxygens (including phenoxy) is 3. The Morgan fingerprint density at radius 1 is 1.37 bits per heavy atom. The fourth-order valence-electron chi connectivity index (χ4n) is 2.01. The molecule has 1 aromatic rings. The van der Waals surface area contributed by atoms with Crippen molar-refractivity contribution in [2.75, 3.05) is 13.2 Å². The van der Waals surface area contributed by atoms with Crippen LogP contribution in [0, 0.1) is 0 Å². The second kappa shape index (κ2) is 6.17. The maximum absolute atomic E-state index is 10.3. The Bertz CT molecular complexity index is 411. The van der Waals surface area contributed by atoms with Crippen molar-refractivity contribution in [3.63, 3.8) is 0 Å². The van der Waals surface area contributed by atoms with Crippen LogP contribution in [-0.2, 0) is 20.7 Å². The van der Waals surface area contributed by atoms with Crippen molar-refractivity contribution in [1.29, 1.82) is 0 Å². The van der Waals surface area contributed by atoms with Gasteiger partial charge in [-0.1, -0.05) is 12.1 Å². The molecule has 0 aliphatic carbocycles. The smallest absolute Gasteiger partial charge is 0.163 e. The third-order valence-corrected chi connectivity index (χ3v) is 2.98. The summed E-state index contributed by atoms with van der Waals surface area (Å²) in [7, 11) is 0. The highest BCUT2D eigenvalue weighted by Gasteiger charge is 2.32. The van der Waals surface area contributed by atoms with Crippen molar-refractivity contribution in [2.24, 2.45) is 0 Å². The first kappa shape index (κ1) is 14.0. The van der Waals surface area contributed by atoms with Gasteiger partial charge in [0.25, 0.3) is 0 Å². The minimum Gasteiger partial charge on any atom is -0.491 e. The zero-order valence-electron chi connectivity index (χ0n) is 11.4. The third kappa shape index (κ3) is 4.33. The van der Waals surface area contributed by atoms with Crippen molar-refractivity contribution in [1.82, 2.24) is 0 Å². The molecule has 0 N–H and O–H groups in total. The summed E-state index contributed by atoms with van der Waals surface area (Å²) in [6.07, 6.45) is 2.24. The molecule has 1 aliphatic heterocycles. The van der Waals surface area contributed by atoms with Crippen LogP contribution in [-0.4, -0.2) is 31.4 Å². The van der Waals surface area contributed by atoms with Gasteiger partial charge in [-0.3, -0.25) is 0 Å². The Morgan fingerprint density at radius 3 is 2.68 bits per heavy atom. The summed E-state index contributed by atoms with van der Waals surface area (Å²) in [6, 6.07) is 7.80. The standard InChI is InChI=1S/C15H20O4/c1-15(2)18-11-14(19-15)10-17-13-7-5-12(6-8-13)4-3-9-16/h5-9,14H,3-4,10-11H2,1-2H3/t14-/m1/s1. The van der Waals surface area contributed by atoms with Crippen LogP contribution in [0.5, 0.6) is 5.75 Å². The zero-order chi connectivity index (χ0) is 13.7. The molecule has 0 saturated carbocycles. The number of carbonyl (C=O) groups is 1. The number of aryl methyl sites for hydroxylation is 1. The van der Waals surface area contributed by atoms with Gasteiger partial charge in [0.15, 0.2) is 5.79 Å². The first-order valence-electron chi connectivity index (χ1n) is 6.56. The molecule has 1 atom stereocenters. The SMILES string of the molecule is CC1(C)OC[C@@H](COc2ccc(CCC=O)cc2)O1. The average molecular weight is 264 g/mol. The first-order chi connectivity index (χ1) is 9.09. The highest BCUT2D eigenvalue weighted by molar-refractivity contribution is 5.50. The van der Waals surface area contributed by atoms with E-state index in [0.717, 1.165) is 24.0 Å². The summed E-state index contributed by atoms with van der Waals surface area (Å²) < 4.78 is 16.8. The van der Waals surface area contributed by atoms with Gasteiger partial charge in [-0.05, 0) is 38.0 Å². The molecule has 0 amide bonds. The van der Waals surface area contributed by atoms with Crippen molar-refractivity contribution < 1.29 is 19.0 Å². The van der Waals surface area contributed by atoms with Gasteiger partial charge >= 0.3 is 0 Å². The fourth-order valence-corrected chi connectivity index (χ4v) is 2.01. The van der Waals surface area contributed by atoms with E-state index in [9.17, 15) is 4.79 Å². The summed E-state index contributed by atoms with van der Waals surface area (Å²) in [5.74, 6) is 0.301. The van der Waals surface area contributed by atoms with Crippen LogP contribution in [0.3, 0.4) is 0 Å². The van der Waals surface area contributed by atoms with E-state index in [1.165, 1.54) is 0 Å². The predicted octanol–water partition coefficient (Wildman–Crippen LogP) is 2.35. The second-order valence-corrected chi connectivity index (χ2v) is 5.11. The van der Waals surface area contributed by atoms with Crippen LogP contribution in [0.4, 0.5) is 0 Å². The molecule has 0 bridgehead atoms. The van der Waals surface area contributed by atoms with Gasteiger partial charge < -0.3 is 19.0 Å². The lowest BCUT2D eigenvalue weighted by Gasteiger charge is -2.17. The Labute approximate surface area is 113 Å². The predicted molar refractivity (Wildman–Crippen MR) is 71.2 cm³/mol. The molecule has 0 unspecified atom stereocenters. The van der Waals surface area contributed by atoms with E-state index < -0.39 is 5.79 Å². The zero-order valence-corrected chi connectivity index (χ0v) is 11.4. The first-order valence-corrected chi connectivity index (χ1v) is 6.56. The van der Waals surface area contributed by atoms with Crippen molar-refractivity contribution in [2.45, 2.75) is 38.6 Å². The van der Waals surface area contributed by atoms with Crippen molar-refractivity contribution in [3.05, 3.63) is 29.8 Å². The van der Waals surface area contributed by atoms with E-state index in [0.29, 0.717) is 19.6 Å². The Morgan fingerprint density at radius 2 is 2.11 bits per heavy atom. The van der Waals surface area contributed by atoms with Gasteiger partial charge in [-0.25, -0.2) is 0 Å². The highest BCUT2D eigenvalue weighted by atomic mass is 16.7. The highest BCUT2D eigenvalue weighted by Crippen LogP contribution is 2.23. The molecule has 1 heterocycles. The normalized spacial score (nSPS) is 21.3. The van der Waals surface area contributed by atoms with Crippen LogP contribution >= 0.6 is 0 Å². The molecular weight excluding hydrogens is 244 g/mol. The lowest BCUT2D eigenvalue weighted by molar-refractivity contribution is -0.141. The Hall–Kier alpha value is -1.39. The van der Waals surface area contributed by atoms with E-state index in [-0.39, 0.29) is 6.10 Å². The minimum absolute atomic E-state index is 0.0234. The monoisotopic (exact) mass is 264 g/mol. The van der Waals surface area contributed by atoms with Crippen LogP contribution in [0.15, 0.2) is 24.3 Å². The number of rotatable bonds is 6. The molecule has 104 valence electrons. The molecular formula is C15H20O4. The Kier molecular flexibility index (Phi) is 4.56. The van der Waals surface area contributed by atoms with Gasteiger partial charge in [0, 0.05) is 6.42 Å². The maximum Gasteiger partial charge on any atom is 0.163 e.